The van der Waals surface area contributed by atoms with Crippen LogP contribution in [-0.2, 0) is 4.74 Å². The van der Waals surface area contributed by atoms with Gasteiger partial charge in [-0.2, -0.15) is 0 Å². The SMILES string of the molecule is C/C(=C\CCNC(C)C)OCC(C)(C)N. The highest BCUT2D eigenvalue weighted by atomic mass is 16.5. The molecule has 3 N–H and O–H groups in total. The minimum atomic E-state index is -0.259. The van der Waals surface area contributed by atoms with Crippen LogP contribution in [0.2, 0.25) is 0 Å². The fraction of sp³-hybridized carbons (Fsp3) is 0.833. The summed E-state index contributed by atoms with van der Waals surface area (Å²) in [5.74, 6) is 0.957. The Kier molecular flexibility index (Phi) is 6.61. The first-order valence-electron chi connectivity index (χ1n) is 5.63. The summed E-state index contributed by atoms with van der Waals surface area (Å²) < 4.78 is 5.52. The van der Waals surface area contributed by atoms with E-state index in [1.54, 1.807) is 0 Å². The Morgan fingerprint density at radius 3 is 2.53 bits per heavy atom. The Bertz CT molecular complexity index is 192. The largest absolute Gasteiger partial charge is 0.497 e. The van der Waals surface area contributed by atoms with Crippen molar-refractivity contribution in [2.45, 2.75) is 52.6 Å². The van der Waals surface area contributed by atoms with Crippen LogP contribution in [0.5, 0.6) is 0 Å². The van der Waals surface area contributed by atoms with Gasteiger partial charge in [0.25, 0.3) is 0 Å². The van der Waals surface area contributed by atoms with E-state index in [4.69, 9.17) is 10.5 Å². The van der Waals surface area contributed by atoms with Crippen molar-refractivity contribution in [1.29, 1.82) is 0 Å². The zero-order chi connectivity index (χ0) is 11.9. The minimum Gasteiger partial charge on any atom is -0.497 e. The molecule has 0 rings (SSSR count). The third kappa shape index (κ3) is 11.4. The quantitative estimate of drug-likeness (QED) is 0.503. The van der Waals surface area contributed by atoms with Gasteiger partial charge >= 0.3 is 0 Å². The first-order valence-corrected chi connectivity index (χ1v) is 5.63. The van der Waals surface area contributed by atoms with Crippen molar-refractivity contribution in [3.05, 3.63) is 11.8 Å². The third-order valence-corrected chi connectivity index (χ3v) is 1.80. The van der Waals surface area contributed by atoms with Gasteiger partial charge in [-0.1, -0.05) is 13.8 Å². The van der Waals surface area contributed by atoms with Gasteiger partial charge in [-0.05, 0) is 39.8 Å². The molecule has 3 nitrogen and oxygen atoms in total. The molecule has 0 amide bonds. The van der Waals surface area contributed by atoms with E-state index in [1.165, 1.54) is 0 Å². The molecule has 15 heavy (non-hydrogen) atoms. The lowest BCUT2D eigenvalue weighted by atomic mass is 10.1. The van der Waals surface area contributed by atoms with Crippen molar-refractivity contribution < 1.29 is 4.74 Å². The second kappa shape index (κ2) is 6.85. The van der Waals surface area contributed by atoms with E-state index in [1.807, 2.05) is 20.8 Å². The van der Waals surface area contributed by atoms with Gasteiger partial charge in [-0.3, -0.25) is 0 Å². The van der Waals surface area contributed by atoms with E-state index in [0.29, 0.717) is 12.6 Å². The van der Waals surface area contributed by atoms with E-state index < -0.39 is 0 Å². The lowest BCUT2D eigenvalue weighted by molar-refractivity contribution is 0.162. The van der Waals surface area contributed by atoms with Crippen molar-refractivity contribution in [2.75, 3.05) is 13.2 Å². The summed E-state index contributed by atoms with van der Waals surface area (Å²) >= 11 is 0. The molecule has 0 aromatic heterocycles. The molecule has 90 valence electrons. The Balaban J connectivity index is 3.61. The van der Waals surface area contributed by atoms with Gasteiger partial charge < -0.3 is 15.8 Å². The van der Waals surface area contributed by atoms with E-state index in [-0.39, 0.29) is 5.54 Å². The zero-order valence-corrected chi connectivity index (χ0v) is 10.8. The zero-order valence-electron chi connectivity index (χ0n) is 10.8. The van der Waals surface area contributed by atoms with Crippen molar-refractivity contribution in [3.8, 4) is 0 Å². The molecule has 0 unspecified atom stereocenters. The Morgan fingerprint density at radius 2 is 2.07 bits per heavy atom. The maximum absolute atomic E-state index is 5.81. The maximum atomic E-state index is 5.81. The van der Waals surface area contributed by atoms with Crippen LogP contribution in [0.1, 0.15) is 41.0 Å². The second-order valence-electron chi connectivity index (χ2n) is 4.99. The number of ether oxygens (including phenoxy) is 1. The van der Waals surface area contributed by atoms with E-state index in [0.717, 1.165) is 18.7 Å². The van der Waals surface area contributed by atoms with Crippen LogP contribution in [0, 0.1) is 0 Å². The molecule has 0 spiro atoms. The fourth-order valence-electron chi connectivity index (χ4n) is 1.01. The van der Waals surface area contributed by atoms with Crippen LogP contribution in [0.15, 0.2) is 11.8 Å². The summed E-state index contributed by atoms with van der Waals surface area (Å²) in [6.07, 6.45) is 3.09. The molecule has 0 heterocycles. The highest BCUT2D eigenvalue weighted by Gasteiger charge is 2.10. The first-order chi connectivity index (χ1) is 6.81. The van der Waals surface area contributed by atoms with Gasteiger partial charge in [-0.15, -0.1) is 0 Å². The normalized spacial score (nSPS) is 13.4. The van der Waals surface area contributed by atoms with Gasteiger partial charge in [0, 0.05) is 11.6 Å². The minimum absolute atomic E-state index is 0.259. The molecule has 0 saturated heterocycles. The average Bonchev–Trinajstić information content (AvgIpc) is 2.07. The van der Waals surface area contributed by atoms with Crippen molar-refractivity contribution in [1.82, 2.24) is 5.32 Å². The molecule has 3 heteroatoms. The summed E-state index contributed by atoms with van der Waals surface area (Å²) in [7, 11) is 0. The lowest BCUT2D eigenvalue weighted by Crippen LogP contribution is -2.37. The molecule has 0 aliphatic rings. The fourth-order valence-corrected chi connectivity index (χ4v) is 1.01. The second-order valence-corrected chi connectivity index (χ2v) is 4.99. The topological polar surface area (TPSA) is 47.3 Å². The summed E-state index contributed by atoms with van der Waals surface area (Å²) in [6.45, 7) is 11.7. The molecule has 0 radical (unpaired) electrons. The van der Waals surface area contributed by atoms with Crippen molar-refractivity contribution in [2.24, 2.45) is 5.73 Å². The van der Waals surface area contributed by atoms with E-state index in [2.05, 4.69) is 25.2 Å². The van der Waals surface area contributed by atoms with Crippen LogP contribution in [0.3, 0.4) is 0 Å². The molecular weight excluding hydrogens is 188 g/mol. The monoisotopic (exact) mass is 214 g/mol. The first kappa shape index (κ1) is 14.5. The third-order valence-electron chi connectivity index (χ3n) is 1.80. The molecule has 0 fully saturated rings. The predicted octanol–water partition coefficient (Wildman–Crippen LogP) is 2.03. The number of allylic oxidation sites excluding steroid dienone is 1. The Morgan fingerprint density at radius 1 is 1.47 bits per heavy atom. The van der Waals surface area contributed by atoms with Crippen molar-refractivity contribution in [3.63, 3.8) is 0 Å². The van der Waals surface area contributed by atoms with Crippen LogP contribution >= 0.6 is 0 Å². The molecule has 0 aromatic rings. The Labute approximate surface area is 94.1 Å². The van der Waals surface area contributed by atoms with Gasteiger partial charge in [0.15, 0.2) is 0 Å². The van der Waals surface area contributed by atoms with Gasteiger partial charge in [-0.25, -0.2) is 0 Å². The number of hydrogen-bond acceptors (Lipinski definition) is 3. The van der Waals surface area contributed by atoms with Crippen LogP contribution in [-0.4, -0.2) is 24.7 Å². The number of rotatable bonds is 7. The highest BCUT2D eigenvalue weighted by Crippen LogP contribution is 2.03. The highest BCUT2D eigenvalue weighted by molar-refractivity contribution is 4.90. The molecular formula is C12H26N2O. The molecule has 0 aliphatic carbocycles. The number of hydrogen-bond donors (Lipinski definition) is 2. The van der Waals surface area contributed by atoms with E-state index in [9.17, 15) is 0 Å². The summed E-state index contributed by atoms with van der Waals surface area (Å²) in [5.41, 5.74) is 5.56. The molecule has 0 atom stereocenters. The molecule has 0 saturated carbocycles. The number of nitrogens with two attached hydrogens (primary N) is 1. The standard InChI is InChI=1S/C12H26N2O/c1-10(2)14-8-6-7-11(3)15-9-12(4,5)13/h7,10,14H,6,8-9,13H2,1-5H3/b11-7+. The summed E-state index contributed by atoms with van der Waals surface area (Å²) in [4.78, 5) is 0. The van der Waals surface area contributed by atoms with Crippen molar-refractivity contribution >= 4 is 0 Å². The Hall–Kier alpha value is -0.540. The van der Waals surface area contributed by atoms with Crippen LogP contribution in [0.4, 0.5) is 0 Å². The molecule has 0 bridgehead atoms. The number of nitrogens with one attached hydrogen (secondary N) is 1. The van der Waals surface area contributed by atoms with Gasteiger partial charge in [0.1, 0.15) is 6.61 Å². The van der Waals surface area contributed by atoms with Gasteiger partial charge in [0.2, 0.25) is 0 Å². The average molecular weight is 214 g/mol. The summed E-state index contributed by atoms with van der Waals surface area (Å²) in [6, 6.07) is 0.544. The molecule has 0 aliphatic heterocycles. The van der Waals surface area contributed by atoms with E-state index >= 15 is 0 Å². The maximum Gasteiger partial charge on any atom is 0.105 e. The van der Waals surface area contributed by atoms with Crippen LogP contribution in [0.25, 0.3) is 0 Å². The predicted molar refractivity (Wildman–Crippen MR) is 65.7 cm³/mol. The lowest BCUT2D eigenvalue weighted by Gasteiger charge is -2.19. The molecule has 0 aromatic carbocycles. The van der Waals surface area contributed by atoms with Gasteiger partial charge in [0.05, 0.1) is 5.76 Å². The van der Waals surface area contributed by atoms with Crippen LogP contribution < -0.4 is 11.1 Å². The smallest absolute Gasteiger partial charge is 0.105 e. The summed E-state index contributed by atoms with van der Waals surface area (Å²) in [5, 5.41) is 3.35.